The molecule has 0 heterocycles. The molecule has 0 atom stereocenters. The summed E-state index contributed by atoms with van der Waals surface area (Å²) in [4.78, 5) is 1.96. The minimum Gasteiger partial charge on any atom is -0.508 e. The van der Waals surface area contributed by atoms with Gasteiger partial charge in [-0.15, -0.1) is 0 Å². The number of phenolic OH excluding ortho intramolecular Hbond substituents is 3. The van der Waals surface area contributed by atoms with Crippen LogP contribution < -0.4 is 9.64 Å². The Morgan fingerprint density at radius 2 is 1.22 bits per heavy atom. The SMILES string of the molecule is Cc1ccc(Oc2cccc(N(c3cccc(O)c3C)c3cccc(O)c3C)c2)c(O)c1. The van der Waals surface area contributed by atoms with Crippen LogP contribution in [0.15, 0.2) is 78.9 Å². The molecule has 0 aliphatic heterocycles. The van der Waals surface area contributed by atoms with Crippen molar-refractivity contribution in [3.05, 3.63) is 95.6 Å². The molecular formula is C27H25NO4. The number of anilines is 3. The van der Waals surface area contributed by atoms with Crippen LogP contribution in [0.25, 0.3) is 0 Å². The van der Waals surface area contributed by atoms with Crippen molar-refractivity contribution in [2.75, 3.05) is 4.90 Å². The molecule has 5 heteroatoms. The lowest BCUT2D eigenvalue weighted by atomic mass is 10.1. The Morgan fingerprint density at radius 1 is 0.625 bits per heavy atom. The van der Waals surface area contributed by atoms with Crippen LogP contribution >= 0.6 is 0 Å². The third-order valence-electron chi connectivity index (χ3n) is 5.45. The van der Waals surface area contributed by atoms with Crippen molar-refractivity contribution in [2.45, 2.75) is 20.8 Å². The maximum atomic E-state index is 10.3. The number of hydrogen-bond acceptors (Lipinski definition) is 5. The Hall–Kier alpha value is -4.12. The molecule has 4 aromatic rings. The van der Waals surface area contributed by atoms with Crippen LogP contribution in [0.5, 0.6) is 28.7 Å². The number of nitrogens with zero attached hydrogens (tertiary/aromatic N) is 1. The van der Waals surface area contributed by atoms with Gasteiger partial charge in [-0.2, -0.15) is 0 Å². The van der Waals surface area contributed by atoms with Gasteiger partial charge in [0.1, 0.15) is 17.2 Å². The van der Waals surface area contributed by atoms with Crippen LogP contribution in [-0.2, 0) is 0 Å². The second kappa shape index (κ2) is 8.55. The topological polar surface area (TPSA) is 73.2 Å². The second-order valence-electron chi connectivity index (χ2n) is 7.75. The first-order valence-corrected chi connectivity index (χ1v) is 10.3. The number of rotatable bonds is 5. The lowest BCUT2D eigenvalue weighted by molar-refractivity contribution is 0.411. The first kappa shape index (κ1) is 21.1. The predicted molar refractivity (Wildman–Crippen MR) is 127 cm³/mol. The molecule has 0 unspecified atom stereocenters. The maximum Gasteiger partial charge on any atom is 0.169 e. The molecule has 0 aromatic heterocycles. The summed E-state index contributed by atoms with van der Waals surface area (Å²) in [5, 5.41) is 30.9. The van der Waals surface area contributed by atoms with E-state index in [1.54, 1.807) is 36.4 Å². The van der Waals surface area contributed by atoms with Crippen LogP contribution in [0.2, 0.25) is 0 Å². The molecule has 0 saturated heterocycles. The number of aromatic hydroxyl groups is 3. The summed E-state index contributed by atoms with van der Waals surface area (Å²) in [7, 11) is 0. The van der Waals surface area contributed by atoms with Crippen LogP contribution in [0.4, 0.5) is 17.1 Å². The van der Waals surface area contributed by atoms with Crippen molar-refractivity contribution < 1.29 is 20.1 Å². The van der Waals surface area contributed by atoms with Gasteiger partial charge in [-0.3, -0.25) is 0 Å². The smallest absolute Gasteiger partial charge is 0.169 e. The molecule has 0 saturated carbocycles. The summed E-state index contributed by atoms with van der Waals surface area (Å²) in [6, 6.07) is 23.4. The first-order valence-electron chi connectivity index (χ1n) is 10.3. The zero-order valence-corrected chi connectivity index (χ0v) is 18.2. The average Bonchev–Trinajstić information content (AvgIpc) is 2.76. The number of hydrogen-bond donors (Lipinski definition) is 3. The van der Waals surface area contributed by atoms with Crippen LogP contribution in [0.1, 0.15) is 16.7 Å². The highest BCUT2D eigenvalue weighted by atomic mass is 16.5. The molecule has 3 N–H and O–H groups in total. The molecule has 4 rings (SSSR count). The molecule has 4 aromatic carbocycles. The van der Waals surface area contributed by atoms with Crippen LogP contribution in [0.3, 0.4) is 0 Å². The summed E-state index contributed by atoms with van der Waals surface area (Å²) in [6.07, 6.45) is 0. The molecule has 0 fully saturated rings. The lowest BCUT2D eigenvalue weighted by Gasteiger charge is -2.29. The zero-order valence-electron chi connectivity index (χ0n) is 18.2. The average molecular weight is 428 g/mol. The van der Waals surface area contributed by atoms with Crippen molar-refractivity contribution in [3.63, 3.8) is 0 Å². The Morgan fingerprint density at radius 3 is 1.81 bits per heavy atom. The van der Waals surface area contributed by atoms with E-state index in [2.05, 4.69) is 0 Å². The van der Waals surface area contributed by atoms with E-state index in [1.807, 2.05) is 68.1 Å². The van der Waals surface area contributed by atoms with E-state index in [4.69, 9.17) is 4.74 Å². The van der Waals surface area contributed by atoms with E-state index >= 15 is 0 Å². The van der Waals surface area contributed by atoms with Gasteiger partial charge < -0.3 is 25.0 Å². The van der Waals surface area contributed by atoms with E-state index in [9.17, 15) is 15.3 Å². The fraction of sp³-hybridized carbons (Fsp3) is 0.111. The summed E-state index contributed by atoms with van der Waals surface area (Å²) >= 11 is 0. The monoisotopic (exact) mass is 427 g/mol. The summed E-state index contributed by atoms with van der Waals surface area (Å²) in [6.45, 7) is 5.60. The number of aryl methyl sites for hydroxylation is 1. The molecule has 0 aliphatic carbocycles. The first-order chi connectivity index (χ1) is 15.3. The standard InChI is InChI=1S/C27H25NO4/c1-17-13-14-27(26(31)15-17)32-21-8-4-7-20(16-21)28(22-9-5-11-24(29)18(22)2)23-10-6-12-25(30)19(23)3/h4-16,29-31H,1-3H3. The lowest BCUT2D eigenvalue weighted by Crippen LogP contribution is -2.12. The molecular weight excluding hydrogens is 402 g/mol. The number of benzene rings is 4. The maximum absolute atomic E-state index is 10.3. The zero-order chi connectivity index (χ0) is 22.8. The summed E-state index contributed by atoms with van der Waals surface area (Å²) in [5.74, 6) is 1.34. The molecule has 0 aliphatic rings. The van der Waals surface area contributed by atoms with Gasteiger partial charge in [0.05, 0.1) is 11.4 Å². The fourth-order valence-corrected chi connectivity index (χ4v) is 3.64. The summed E-state index contributed by atoms with van der Waals surface area (Å²) in [5.41, 5.74) is 4.67. The van der Waals surface area contributed by atoms with Gasteiger partial charge in [-0.25, -0.2) is 0 Å². The van der Waals surface area contributed by atoms with Gasteiger partial charge in [0.15, 0.2) is 11.5 Å². The Labute approximate surface area is 187 Å². The molecule has 32 heavy (non-hydrogen) atoms. The van der Waals surface area contributed by atoms with Crippen molar-refractivity contribution in [2.24, 2.45) is 0 Å². The highest BCUT2D eigenvalue weighted by Crippen LogP contribution is 2.43. The van der Waals surface area contributed by atoms with E-state index in [0.717, 1.165) is 22.6 Å². The minimum atomic E-state index is 0.0694. The van der Waals surface area contributed by atoms with Crippen LogP contribution in [-0.4, -0.2) is 15.3 Å². The summed E-state index contributed by atoms with van der Waals surface area (Å²) < 4.78 is 5.96. The van der Waals surface area contributed by atoms with E-state index in [1.165, 1.54) is 0 Å². The van der Waals surface area contributed by atoms with Crippen molar-refractivity contribution in [3.8, 4) is 28.7 Å². The van der Waals surface area contributed by atoms with Crippen LogP contribution in [0, 0.1) is 20.8 Å². The van der Waals surface area contributed by atoms with Crippen molar-refractivity contribution >= 4 is 17.1 Å². The van der Waals surface area contributed by atoms with Gasteiger partial charge >= 0.3 is 0 Å². The molecule has 5 nitrogen and oxygen atoms in total. The molecule has 0 bridgehead atoms. The largest absolute Gasteiger partial charge is 0.508 e. The van der Waals surface area contributed by atoms with Crippen molar-refractivity contribution in [1.82, 2.24) is 0 Å². The fourth-order valence-electron chi connectivity index (χ4n) is 3.64. The quantitative estimate of drug-likeness (QED) is 0.320. The highest BCUT2D eigenvalue weighted by Gasteiger charge is 2.19. The minimum absolute atomic E-state index is 0.0694. The molecule has 0 spiro atoms. The normalized spacial score (nSPS) is 10.7. The number of phenols is 3. The molecule has 0 radical (unpaired) electrons. The Kier molecular flexibility index (Phi) is 5.65. The van der Waals surface area contributed by atoms with Gasteiger partial charge in [-0.05, 0) is 74.9 Å². The van der Waals surface area contributed by atoms with Gasteiger partial charge in [-0.1, -0.05) is 24.3 Å². The second-order valence-corrected chi connectivity index (χ2v) is 7.75. The van der Waals surface area contributed by atoms with Crippen molar-refractivity contribution in [1.29, 1.82) is 0 Å². The predicted octanol–water partition coefficient (Wildman–Crippen LogP) is 6.99. The Balaban J connectivity index is 1.84. The third-order valence-corrected chi connectivity index (χ3v) is 5.45. The van der Waals surface area contributed by atoms with Gasteiger partial charge in [0.25, 0.3) is 0 Å². The van der Waals surface area contributed by atoms with Gasteiger partial charge in [0, 0.05) is 22.9 Å². The number of ether oxygens (including phenoxy) is 1. The van der Waals surface area contributed by atoms with E-state index in [-0.39, 0.29) is 17.2 Å². The third kappa shape index (κ3) is 4.05. The van der Waals surface area contributed by atoms with Gasteiger partial charge in [0.2, 0.25) is 0 Å². The highest BCUT2D eigenvalue weighted by molar-refractivity contribution is 5.82. The van der Waals surface area contributed by atoms with E-state index in [0.29, 0.717) is 22.6 Å². The molecule has 162 valence electrons. The Bertz CT molecular complexity index is 1230. The molecule has 0 amide bonds. The van der Waals surface area contributed by atoms with E-state index < -0.39 is 0 Å².